The number of imidazole rings is 1. The Kier molecular flexibility index (Phi) is 13.0. The number of amides is 1. The molecule has 3 aromatic heterocycles. The molecule has 1 saturated heterocycles. The number of hydrogen-bond donors (Lipinski definition) is 4. The van der Waals surface area contributed by atoms with Crippen LogP contribution in [0.15, 0.2) is 43.1 Å². The summed E-state index contributed by atoms with van der Waals surface area (Å²) < 4.78 is 65.4. The molecule has 0 aromatic carbocycles. The van der Waals surface area contributed by atoms with E-state index in [-0.39, 0.29) is 18.6 Å². The highest BCUT2D eigenvalue weighted by molar-refractivity contribution is 5.98. The Morgan fingerprint density at radius 3 is 1.98 bits per heavy atom. The Bertz CT molecular complexity index is 1350. The fourth-order valence-corrected chi connectivity index (χ4v) is 4.08. The Labute approximate surface area is 246 Å². The number of nitrogens with one attached hydrogen (secondary N) is 1. The van der Waals surface area contributed by atoms with Gasteiger partial charge in [-0.1, -0.05) is 6.92 Å². The van der Waals surface area contributed by atoms with E-state index in [2.05, 4.69) is 37.3 Å². The first-order valence-corrected chi connectivity index (χ1v) is 13.0. The summed E-state index contributed by atoms with van der Waals surface area (Å²) in [5.41, 5.74) is 3.30. The summed E-state index contributed by atoms with van der Waals surface area (Å²) in [4.78, 5) is 45.7. The molecule has 4 rings (SSSR count). The molecule has 4 N–H and O–H groups in total. The van der Waals surface area contributed by atoms with Gasteiger partial charge in [0.15, 0.2) is 11.3 Å². The van der Waals surface area contributed by atoms with Crippen molar-refractivity contribution >= 4 is 23.5 Å². The lowest BCUT2D eigenvalue weighted by molar-refractivity contribution is -0.193. The average Bonchev–Trinajstić information content (AvgIpc) is 3.41. The highest BCUT2D eigenvalue weighted by Gasteiger charge is 2.39. The molecule has 18 heteroatoms. The van der Waals surface area contributed by atoms with Crippen molar-refractivity contribution < 1.29 is 56.0 Å². The number of hydrogen-bond acceptors (Lipinski definition) is 8. The van der Waals surface area contributed by atoms with Crippen molar-refractivity contribution in [2.75, 3.05) is 19.7 Å². The van der Waals surface area contributed by atoms with Crippen molar-refractivity contribution in [2.24, 2.45) is 0 Å². The molecule has 0 saturated carbocycles. The van der Waals surface area contributed by atoms with Crippen LogP contribution in [0.2, 0.25) is 0 Å². The van der Waals surface area contributed by atoms with E-state index in [0.29, 0.717) is 23.7 Å². The van der Waals surface area contributed by atoms with Crippen LogP contribution in [0.25, 0.3) is 5.65 Å². The van der Waals surface area contributed by atoms with Crippen LogP contribution in [0.3, 0.4) is 0 Å². The minimum Gasteiger partial charge on any atom is -0.475 e. The number of aromatic nitrogens is 4. The molecular weight excluding hydrogens is 606 g/mol. The van der Waals surface area contributed by atoms with Gasteiger partial charge < -0.3 is 20.6 Å². The quantitative estimate of drug-likeness (QED) is 0.282. The lowest BCUT2D eigenvalue weighted by Crippen LogP contribution is -2.37. The van der Waals surface area contributed by atoms with Crippen LogP contribution in [0.1, 0.15) is 53.8 Å². The molecule has 0 bridgehead atoms. The third-order valence-electron chi connectivity index (χ3n) is 6.37. The number of aliphatic carboxylic acids is 2. The summed E-state index contributed by atoms with van der Waals surface area (Å²) in [6.07, 6.45) is -0.285. The van der Waals surface area contributed by atoms with Crippen molar-refractivity contribution in [3.8, 4) is 0 Å². The van der Waals surface area contributed by atoms with E-state index >= 15 is 0 Å². The number of likely N-dealkylation sites (tertiary alicyclic amines) is 1. The number of aliphatic hydroxyl groups is 1. The fourth-order valence-electron chi connectivity index (χ4n) is 4.08. The molecule has 1 aliphatic heterocycles. The first-order valence-electron chi connectivity index (χ1n) is 13.0. The van der Waals surface area contributed by atoms with Crippen LogP contribution >= 0.6 is 0 Å². The summed E-state index contributed by atoms with van der Waals surface area (Å²) in [5, 5.41) is 26.4. The number of carboxylic acid groups (broad SMARTS) is 2. The zero-order valence-corrected chi connectivity index (χ0v) is 23.2. The van der Waals surface area contributed by atoms with E-state index < -0.39 is 24.3 Å². The second kappa shape index (κ2) is 15.9. The molecule has 0 radical (unpaired) electrons. The molecule has 0 aliphatic carbocycles. The van der Waals surface area contributed by atoms with Gasteiger partial charge in [-0.3, -0.25) is 19.1 Å². The topological polar surface area (TPSA) is 170 Å². The van der Waals surface area contributed by atoms with E-state index in [1.807, 2.05) is 29.8 Å². The normalized spacial score (nSPS) is 14.9. The maximum atomic E-state index is 12.6. The van der Waals surface area contributed by atoms with Crippen LogP contribution in [0, 0.1) is 0 Å². The van der Waals surface area contributed by atoms with E-state index in [0.717, 1.165) is 38.2 Å². The molecule has 1 atom stereocenters. The third kappa shape index (κ3) is 10.7. The minimum absolute atomic E-state index is 0.0925. The Hall–Kier alpha value is -4.32. The zero-order chi connectivity index (χ0) is 33.1. The highest BCUT2D eigenvalue weighted by atomic mass is 19.4. The number of pyridine rings is 1. The summed E-state index contributed by atoms with van der Waals surface area (Å²) >= 11 is 0. The second-order valence-electron chi connectivity index (χ2n) is 9.43. The van der Waals surface area contributed by atoms with E-state index in [9.17, 15) is 36.2 Å². The second-order valence-corrected chi connectivity index (χ2v) is 9.43. The van der Waals surface area contributed by atoms with Gasteiger partial charge in [0.05, 0.1) is 12.6 Å². The Morgan fingerprint density at radius 2 is 1.50 bits per heavy atom. The van der Waals surface area contributed by atoms with Gasteiger partial charge in [0, 0.05) is 36.7 Å². The van der Waals surface area contributed by atoms with Crippen LogP contribution in [0.5, 0.6) is 0 Å². The van der Waals surface area contributed by atoms with Gasteiger partial charge in [-0.05, 0) is 56.1 Å². The molecule has 12 nitrogen and oxygen atoms in total. The Morgan fingerprint density at radius 1 is 0.955 bits per heavy atom. The summed E-state index contributed by atoms with van der Waals surface area (Å²) in [7, 11) is 0. The van der Waals surface area contributed by atoms with Crippen molar-refractivity contribution in [3.63, 3.8) is 0 Å². The number of carbonyl (C=O) groups is 3. The molecule has 1 fully saturated rings. The number of rotatable bonds is 7. The number of alkyl halides is 6. The number of carboxylic acids is 2. The van der Waals surface area contributed by atoms with Crippen molar-refractivity contribution in [1.82, 2.24) is 29.6 Å². The van der Waals surface area contributed by atoms with Gasteiger partial charge >= 0.3 is 24.3 Å². The van der Waals surface area contributed by atoms with Gasteiger partial charge in [-0.25, -0.2) is 19.6 Å². The molecule has 3 aromatic rings. The molecular formula is C26H30F6N6O6. The van der Waals surface area contributed by atoms with Crippen LogP contribution in [-0.4, -0.2) is 95.5 Å². The van der Waals surface area contributed by atoms with Crippen LogP contribution in [0.4, 0.5) is 26.3 Å². The predicted octanol–water partition coefficient (Wildman–Crippen LogP) is 3.27. The van der Waals surface area contributed by atoms with Gasteiger partial charge in [-0.15, -0.1) is 0 Å². The number of carbonyl (C=O) groups excluding carboxylic acids is 1. The average molecular weight is 637 g/mol. The maximum absolute atomic E-state index is 12.6. The van der Waals surface area contributed by atoms with Crippen molar-refractivity contribution in [3.05, 3.63) is 60.1 Å². The van der Waals surface area contributed by atoms with Crippen LogP contribution < -0.4 is 5.32 Å². The standard InChI is InChI=1S/C22H28N6O2.2C2HF3O2/c1-2-18(14-29)26-22(30)20-21-24-10-5-19(28(21)15-25-20)17-6-11-27(12-7-17)13-16-3-8-23-9-4-16;2*3-2(4,5)1(6)7/h3-5,8-10,15,17-18,29H,2,6-7,11-14H2,1H3,(H,26,30);2*(H,6,7). The predicted molar refractivity (Wildman–Crippen MR) is 140 cm³/mol. The summed E-state index contributed by atoms with van der Waals surface area (Å²) in [6.45, 7) is 4.81. The first-order chi connectivity index (χ1) is 20.6. The first kappa shape index (κ1) is 35.9. The molecule has 4 heterocycles. The molecule has 1 aliphatic rings. The molecule has 242 valence electrons. The van der Waals surface area contributed by atoms with Gasteiger partial charge in [0.1, 0.15) is 6.33 Å². The number of halogens is 6. The van der Waals surface area contributed by atoms with Gasteiger partial charge in [0.25, 0.3) is 5.91 Å². The lowest BCUT2D eigenvalue weighted by atomic mass is 9.93. The van der Waals surface area contributed by atoms with Gasteiger partial charge in [0.2, 0.25) is 0 Å². The lowest BCUT2D eigenvalue weighted by Gasteiger charge is -2.32. The molecule has 0 spiro atoms. The largest absolute Gasteiger partial charge is 0.490 e. The number of fused-ring (bicyclic) bond motifs is 1. The monoisotopic (exact) mass is 636 g/mol. The Balaban J connectivity index is 0.000000402. The SMILES string of the molecule is CCC(CO)NC(=O)c1ncn2c(C3CCN(Cc4ccncc4)CC3)ccnc12.O=C(O)C(F)(F)F.O=C(O)C(F)(F)F. The summed E-state index contributed by atoms with van der Waals surface area (Å²) in [6, 6.07) is 5.89. The van der Waals surface area contributed by atoms with E-state index in [1.54, 1.807) is 12.5 Å². The smallest absolute Gasteiger partial charge is 0.475 e. The number of piperidine rings is 1. The number of aliphatic hydroxyl groups excluding tert-OH is 1. The maximum Gasteiger partial charge on any atom is 0.490 e. The molecule has 44 heavy (non-hydrogen) atoms. The van der Waals surface area contributed by atoms with Crippen molar-refractivity contribution in [1.29, 1.82) is 0 Å². The highest BCUT2D eigenvalue weighted by Crippen LogP contribution is 2.29. The zero-order valence-electron chi connectivity index (χ0n) is 23.2. The number of nitrogens with zero attached hydrogens (tertiary/aromatic N) is 5. The van der Waals surface area contributed by atoms with Crippen LogP contribution in [-0.2, 0) is 16.1 Å². The summed E-state index contributed by atoms with van der Waals surface area (Å²) in [5.74, 6) is -5.41. The minimum atomic E-state index is -5.08. The van der Waals surface area contributed by atoms with E-state index in [4.69, 9.17) is 19.8 Å². The molecule has 1 unspecified atom stereocenters. The fraction of sp³-hybridized carbons (Fsp3) is 0.462. The molecule has 1 amide bonds. The van der Waals surface area contributed by atoms with Gasteiger partial charge in [-0.2, -0.15) is 26.3 Å². The third-order valence-corrected chi connectivity index (χ3v) is 6.37. The van der Waals surface area contributed by atoms with E-state index in [1.165, 1.54) is 5.56 Å². The van der Waals surface area contributed by atoms with Crippen molar-refractivity contribution in [2.45, 2.75) is 57.0 Å².